The van der Waals surface area contributed by atoms with Crippen LogP contribution in [-0.4, -0.2) is 54.6 Å². The van der Waals surface area contributed by atoms with E-state index in [0.717, 1.165) is 23.7 Å². The number of nitrogens with zero attached hydrogens (tertiary/aromatic N) is 4. The van der Waals surface area contributed by atoms with Gasteiger partial charge in [0, 0.05) is 25.2 Å². The standard InChI is InChI=1S/C14H25N5/c1-5-15-13-11(2)14(17-10-16-13)19(4)12-6-8-18(3)9-7-12/h10,12H,5-9H2,1-4H3,(H,15,16,17). The average Bonchev–Trinajstić information content (AvgIpc) is 2.41. The van der Waals surface area contributed by atoms with Crippen molar-refractivity contribution in [2.75, 3.05) is 43.9 Å². The molecule has 0 saturated carbocycles. The summed E-state index contributed by atoms with van der Waals surface area (Å²) in [6.45, 7) is 7.40. The summed E-state index contributed by atoms with van der Waals surface area (Å²) in [6.07, 6.45) is 4.06. The fourth-order valence-corrected chi connectivity index (χ4v) is 2.70. The molecule has 1 N–H and O–H groups in total. The lowest BCUT2D eigenvalue weighted by molar-refractivity contribution is 0.252. The summed E-state index contributed by atoms with van der Waals surface area (Å²) in [5.41, 5.74) is 1.14. The van der Waals surface area contributed by atoms with Crippen molar-refractivity contribution < 1.29 is 0 Å². The molecule has 0 aliphatic carbocycles. The van der Waals surface area contributed by atoms with Gasteiger partial charge >= 0.3 is 0 Å². The Hall–Kier alpha value is -1.36. The van der Waals surface area contributed by atoms with Crippen molar-refractivity contribution in [2.24, 2.45) is 0 Å². The molecule has 1 aromatic heterocycles. The monoisotopic (exact) mass is 263 g/mol. The van der Waals surface area contributed by atoms with Gasteiger partial charge in [0.25, 0.3) is 0 Å². The van der Waals surface area contributed by atoms with Gasteiger partial charge in [-0.2, -0.15) is 0 Å². The van der Waals surface area contributed by atoms with Gasteiger partial charge in [-0.25, -0.2) is 9.97 Å². The Morgan fingerprint density at radius 1 is 1.37 bits per heavy atom. The van der Waals surface area contributed by atoms with Gasteiger partial charge in [-0.1, -0.05) is 0 Å². The first kappa shape index (κ1) is 14.1. The molecule has 106 valence electrons. The summed E-state index contributed by atoms with van der Waals surface area (Å²) in [6, 6.07) is 0.583. The molecular weight excluding hydrogens is 238 g/mol. The molecule has 0 unspecified atom stereocenters. The number of anilines is 2. The highest BCUT2D eigenvalue weighted by molar-refractivity contribution is 5.58. The van der Waals surface area contributed by atoms with E-state index in [2.05, 4.69) is 53.0 Å². The number of hydrogen-bond acceptors (Lipinski definition) is 5. The van der Waals surface area contributed by atoms with Crippen LogP contribution >= 0.6 is 0 Å². The Kier molecular flexibility index (Phi) is 4.58. The average molecular weight is 263 g/mol. The number of likely N-dealkylation sites (tertiary alicyclic amines) is 1. The molecule has 0 atom stereocenters. The van der Waals surface area contributed by atoms with Gasteiger partial charge in [0.05, 0.1) is 0 Å². The number of nitrogens with one attached hydrogen (secondary N) is 1. The summed E-state index contributed by atoms with van der Waals surface area (Å²) >= 11 is 0. The molecule has 1 aromatic rings. The molecule has 5 heteroatoms. The van der Waals surface area contributed by atoms with E-state index in [1.807, 2.05) is 0 Å². The van der Waals surface area contributed by atoms with Gasteiger partial charge in [-0.3, -0.25) is 0 Å². The Labute approximate surface area is 116 Å². The molecule has 0 amide bonds. The molecular formula is C14H25N5. The molecule has 0 radical (unpaired) electrons. The van der Waals surface area contributed by atoms with Crippen LogP contribution in [0.3, 0.4) is 0 Å². The van der Waals surface area contributed by atoms with Gasteiger partial charge in [-0.15, -0.1) is 0 Å². The predicted molar refractivity (Wildman–Crippen MR) is 79.9 cm³/mol. The van der Waals surface area contributed by atoms with Crippen molar-refractivity contribution >= 4 is 11.6 Å². The van der Waals surface area contributed by atoms with Crippen LogP contribution in [0.15, 0.2) is 6.33 Å². The highest BCUT2D eigenvalue weighted by Gasteiger charge is 2.23. The fraction of sp³-hybridized carbons (Fsp3) is 0.714. The lowest BCUT2D eigenvalue weighted by Crippen LogP contribution is -2.42. The molecule has 0 bridgehead atoms. The van der Waals surface area contributed by atoms with Crippen LogP contribution in [0, 0.1) is 6.92 Å². The second kappa shape index (κ2) is 6.19. The molecule has 2 heterocycles. The number of piperidine rings is 1. The number of aromatic nitrogens is 2. The highest BCUT2D eigenvalue weighted by Crippen LogP contribution is 2.25. The Balaban J connectivity index is 2.14. The molecule has 19 heavy (non-hydrogen) atoms. The minimum atomic E-state index is 0.583. The van der Waals surface area contributed by atoms with E-state index >= 15 is 0 Å². The van der Waals surface area contributed by atoms with Gasteiger partial charge in [0.1, 0.15) is 18.0 Å². The maximum Gasteiger partial charge on any atom is 0.137 e. The minimum Gasteiger partial charge on any atom is -0.370 e. The van der Waals surface area contributed by atoms with Gasteiger partial charge in [0.2, 0.25) is 0 Å². The van der Waals surface area contributed by atoms with Crippen LogP contribution in [0.25, 0.3) is 0 Å². The predicted octanol–water partition coefficient (Wildman–Crippen LogP) is 1.75. The Morgan fingerprint density at radius 3 is 2.68 bits per heavy atom. The van der Waals surface area contributed by atoms with Gasteiger partial charge in [-0.05, 0) is 46.8 Å². The van der Waals surface area contributed by atoms with Crippen molar-refractivity contribution in [1.82, 2.24) is 14.9 Å². The van der Waals surface area contributed by atoms with E-state index in [1.54, 1.807) is 6.33 Å². The lowest BCUT2D eigenvalue weighted by atomic mass is 10.0. The molecule has 5 nitrogen and oxygen atoms in total. The second-order valence-electron chi connectivity index (χ2n) is 5.35. The third kappa shape index (κ3) is 3.15. The minimum absolute atomic E-state index is 0.583. The lowest BCUT2D eigenvalue weighted by Gasteiger charge is -2.36. The SMILES string of the molecule is CCNc1ncnc(N(C)C2CCN(C)CC2)c1C. The van der Waals surface area contributed by atoms with Crippen LogP contribution < -0.4 is 10.2 Å². The third-order valence-corrected chi connectivity index (χ3v) is 3.97. The van der Waals surface area contributed by atoms with E-state index in [9.17, 15) is 0 Å². The molecule has 1 saturated heterocycles. The maximum atomic E-state index is 4.48. The van der Waals surface area contributed by atoms with Crippen molar-refractivity contribution in [3.8, 4) is 0 Å². The summed E-state index contributed by atoms with van der Waals surface area (Å²) in [5.74, 6) is 2.01. The van der Waals surface area contributed by atoms with Crippen molar-refractivity contribution in [1.29, 1.82) is 0 Å². The molecule has 0 spiro atoms. The summed E-state index contributed by atoms with van der Waals surface area (Å²) in [5, 5.41) is 3.30. The van der Waals surface area contributed by atoms with Crippen LogP contribution in [0.1, 0.15) is 25.3 Å². The van der Waals surface area contributed by atoms with Crippen LogP contribution in [0.2, 0.25) is 0 Å². The fourth-order valence-electron chi connectivity index (χ4n) is 2.70. The number of hydrogen-bond donors (Lipinski definition) is 1. The maximum absolute atomic E-state index is 4.48. The summed E-state index contributed by atoms with van der Waals surface area (Å²) in [4.78, 5) is 13.5. The van der Waals surface area contributed by atoms with E-state index in [-0.39, 0.29) is 0 Å². The van der Waals surface area contributed by atoms with E-state index in [0.29, 0.717) is 6.04 Å². The van der Waals surface area contributed by atoms with E-state index < -0.39 is 0 Å². The normalized spacial score (nSPS) is 17.5. The number of rotatable bonds is 4. The first-order valence-corrected chi connectivity index (χ1v) is 7.10. The quantitative estimate of drug-likeness (QED) is 0.896. The zero-order chi connectivity index (χ0) is 13.8. The first-order valence-electron chi connectivity index (χ1n) is 7.10. The van der Waals surface area contributed by atoms with Crippen LogP contribution in [-0.2, 0) is 0 Å². The third-order valence-electron chi connectivity index (χ3n) is 3.97. The van der Waals surface area contributed by atoms with Gasteiger partial charge in [0.15, 0.2) is 0 Å². The van der Waals surface area contributed by atoms with Crippen molar-refractivity contribution in [2.45, 2.75) is 32.7 Å². The largest absolute Gasteiger partial charge is 0.370 e. The second-order valence-corrected chi connectivity index (χ2v) is 5.35. The Bertz CT molecular complexity index is 412. The molecule has 2 rings (SSSR count). The topological polar surface area (TPSA) is 44.3 Å². The molecule has 0 aromatic carbocycles. The summed E-state index contributed by atoms with van der Waals surface area (Å²) < 4.78 is 0. The van der Waals surface area contributed by atoms with Gasteiger partial charge < -0.3 is 15.1 Å². The Morgan fingerprint density at radius 2 is 2.05 bits per heavy atom. The molecule has 1 aliphatic rings. The van der Waals surface area contributed by atoms with E-state index in [4.69, 9.17) is 0 Å². The van der Waals surface area contributed by atoms with Crippen molar-refractivity contribution in [3.05, 3.63) is 11.9 Å². The smallest absolute Gasteiger partial charge is 0.137 e. The summed E-state index contributed by atoms with van der Waals surface area (Å²) in [7, 11) is 4.34. The van der Waals surface area contributed by atoms with Crippen molar-refractivity contribution in [3.63, 3.8) is 0 Å². The van der Waals surface area contributed by atoms with E-state index in [1.165, 1.54) is 25.9 Å². The first-order chi connectivity index (χ1) is 9.13. The zero-order valence-electron chi connectivity index (χ0n) is 12.5. The molecule has 1 fully saturated rings. The van der Waals surface area contributed by atoms with Crippen LogP contribution in [0.4, 0.5) is 11.6 Å². The zero-order valence-corrected chi connectivity index (χ0v) is 12.5. The van der Waals surface area contributed by atoms with Crippen LogP contribution in [0.5, 0.6) is 0 Å². The molecule has 1 aliphatic heterocycles. The highest BCUT2D eigenvalue weighted by atomic mass is 15.2.